The Bertz CT molecular complexity index is 619. The van der Waals surface area contributed by atoms with Gasteiger partial charge in [0.25, 0.3) is 0 Å². The molecule has 8 heteroatoms. The third-order valence-electron chi connectivity index (χ3n) is 1.95. The Morgan fingerprint density at radius 2 is 2.18 bits per heavy atom. The van der Waals surface area contributed by atoms with Gasteiger partial charge in [-0.1, -0.05) is 12.1 Å². The maximum atomic E-state index is 13.4. The molecule has 1 amide bonds. The molecule has 0 saturated carbocycles. The number of hydrazine groups is 1. The van der Waals surface area contributed by atoms with E-state index < -0.39 is 23.3 Å². The summed E-state index contributed by atoms with van der Waals surface area (Å²) in [6, 6.07) is 5.42. The summed E-state index contributed by atoms with van der Waals surface area (Å²) in [4.78, 5) is 25.7. The second-order valence-electron chi connectivity index (χ2n) is 3.01. The van der Waals surface area contributed by atoms with Crippen molar-refractivity contribution < 1.29 is 13.7 Å². The molecule has 1 heterocycles. The first kappa shape index (κ1) is 11.0. The fourth-order valence-electron chi connectivity index (χ4n) is 1.20. The Hall–Kier alpha value is -2.48. The van der Waals surface area contributed by atoms with Crippen molar-refractivity contribution in [1.29, 1.82) is 0 Å². The number of nitrogens with zero attached hydrogens (tertiary/aromatic N) is 2. The fourth-order valence-corrected chi connectivity index (χ4v) is 1.20. The van der Waals surface area contributed by atoms with Crippen LogP contribution in [0.15, 0.2) is 33.6 Å². The highest BCUT2D eigenvalue weighted by atomic mass is 19.1. The summed E-state index contributed by atoms with van der Waals surface area (Å²) >= 11 is 0. The van der Waals surface area contributed by atoms with E-state index in [4.69, 9.17) is 10.4 Å². The minimum absolute atomic E-state index is 0.138. The van der Waals surface area contributed by atoms with Gasteiger partial charge in [-0.15, -0.1) is 9.72 Å². The van der Waals surface area contributed by atoms with Crippen molar-refractivity contribution in [2.24, 2.45) is 5.84 Å². The number of nitrogen functional groups attached to an aromatic ring is 1. The van der Waals surface area contributed by atoms with E-state index in [0.29, 0.717) is 4.74 Å². The summed E-state index contributed by atoms with van der Waals surface area (Å²) in [7, 11) is 0. The van der Waals surface area contributed by atoms with Crippen molar-refractivity contribution in [2.45, 2.75) is 0 Å². The molecule has 88 valence electrons. The maximum absolute atomic E-state index is 13.4. The highest BCUT2D eigenvalue weighted by Gasteiger charge is 2.17. The van der Waals surface area contributed by atoms with Crippen molar-refractivity contribution in [3.63, 3.8) is 0 Å². The zero-order valence-electron chi connectivity index (χ0n) is 8.38. The van der Waals surface area contributed by atoms with Gasteiger partial charge in [-0.05, 0) is 12.1 Å². The van der Waals surface area contributed by atoms with E-state index in [0.717, 1.165) is 6.07 Å². The van der Waals surface area contributed by atoms with Crippen LogP contribution in [0.2, 0.25) is 0 Å². The Kier molecular flexibility index (Phi) is 2.71. The number of hydrogen-bond acceptors (Lipinski definition) is 5. The second-order valence-corrected chi connectivity index (χ2v) is 3.01. The van der Waals surface area contributed by atoms with E-state index in [1.165, 1.54) is 18.2 Å². The van der Waals surface area contributed by atoms with Crippen LogP contribution < -0.4 is 17.0 Å². The van der Waals surface area contributed by atoms with Crippen LogP contribution >= 0.6 is 0 Å². The third kappa shape index (κ3) is 1.93. The zero-order chi connectivity index (χ0) is 12.4. The number of halogens is 1. The van der Waals surface area contributed by atoms with E-state index in [2.05, 4.69) is 4.98 Å². The number of benzene rings is 1. The first-order valence-corrected chi connectivity index (χ1v) is 4.49. The molecule has 0 atom stereocenters. The quantitative estimate of drug-likeness (QED) is 0.419. The summed E-state index contributed by atoms with van der Waals surface area (Å²) in [5, 5.41) is 0. The molecule has 0 saturated heterocycles. The topological polar surface area (TPSA) is 103 Å². The van der Waals surface area contributed by atoms with E-state index in [9.17, 15) is 14.0 Å². The lowest BCUT2D eigenvalue weighted by molar-refractivity contribution is 0.0902. The number of amides is 1. The Morgan fingerprint density at radius 3 is 2.82 bits per heavy atom. The lowest BCUT2D eigenvalue weighted by Crippen LogP contribution is -2.30. The van der Waals surface area contributed by atoms with Gasteiger partial charge in [0, 0.05) is 0 Å². The fraction of sp³-hybridized carbons (Fsp3) is 0. The summed E-state index contributed by atoms with van der Waals surface area (Å²) in [6.07, 6.45) is 0. The van der Waals surface area contributed by atoms with E-state index in [1.54, 1.807) is 5.43 Å². The van der Waals surface area contributed by atoms with Gasteiger partial charge in [-0.3, -0.25) is 10.2 Å². The number of nitrogens with one attached hydrogen (secondary N) is 1. The Morgan fingerprint density at radius 1 is 1.47 bits per heavy atom. The van der Waals surface area contributed by atoms with Crippen LogP contribution in [0.3, 0.4) is 0 Å². The van der Waals surface area contributed by atoms with Gasteiger partial charge in [-0.2, -0.15) is 0 Å². The van der Waals surface area contributed by atoms with Gasteiger partial charge < -0.3 is 4.52 Å². The van der Waals surface area contributed by atoms with Gasteiger partial charge in [0.2, 0.25) is 0 Å². The molecule has 2 rings (SSSR count). The van der Waals surface area contributed by atoms with Gasteiger partial charge in [0.1, 0.15) is 5.69 Å². The second kappa shape index (κ2) is 4.18. The molecule has 0 unspecified atom stereocenters. The highest BCUT2D eigenvalue weighted by Crippen LogP contribution is 2.10. The molecule has 17 heavy (non-hydrogen) atoms. The average molecular weight is 238 g/mol. The van der Waals surface area contributed by atoms with Crippen LogP contribution in [0, 0.1) is 5.82 Å². The zero-order valence-corrected chi connectivity index (χ0v) is 8.38. The first-order valence-electron chi connectivity index (χ1n) is 4.49. The minimum Gasteiger partial charge on any atom is -0.343 e. The highest BCUT2D eigenvalue weighted by molar-refractivity contribution is 5.88. The molecule has 0 aliphatic heterocycles. The number of hydrogen-bond donors (Lipinski definition) is 2. The van der Waals surface area contributed by atoms with E-state index >= 15 is 0 Å². The van der Waals surface area contributed by atoms with Crippen LogP contribution in [-0.2, 0) is 0 Å². The van der Waals surface area contributed by atoms with Crippen LogP contribution in [0.25, 0.3) is 5.69 Å². The molecular weight excluding hydrogens is 231 g/mol. The lowest BCUT2D eigenvalue weighted by Gasteiger charge is -1.99. The monoisotopic (exact) mass is 238 g/mol. The van der Waals surface area contributed by atoms with E-state index in [1.807, 2.05) is 0 Å². The van der Waals surface area contributed by atoms with Crippen molar-refractivity contribution >= 4 is 5.91 Å². The van der Waals surface area contributed by atoms with Crippen LogP contribution in [0.4, 0.5) is 4.39 Å². The molecular formula is C9H7FN4O3. The predicted molar refractivity (Wildman–Crippen MR) is 53.7 cm³/mol. The average Bonchev–Trinajstić information content (AvgIpc) is 2.71. The SMILES string of the molecule is NNC(=O)c1nc(=O)n(-c2ccccc2F)o1. The maximum Gasteiger partial charge on any atom is 0.385 e. The number of carbonyl (C=O) groups excluding carboxylic acids is 1. The number of para-hydroxylation sites is 1. The molecule has 3 N–H and O–H groups in total. The molecule has 0 radical (unpaired) electrons. The molecule has 7 nitrogen and oxygen atoms in total. The number of carbonyl (C=O) groups is 1. The van der Waals surface area contributed by atoms with Crippen molar-refractivity contribution in [3.8, 4) is 5.69 Å². The summed E-state index contributed by atoms with van der Waals surface area (Å²) in [5.74, 6) is 2.75. The molecule has 0 fully saturated rings. The normalized spacial score (nSPS) is 10.2. The minimum atomic E-state index is -0.909. The summed E-state index contributed by atoms with van der Waals surface area (Å²) < 4.78 is 18.7. The largest absolute Gasteiger partial charge is 0.385 e. The van der Waals surface area contributed by atoms with E-state index in [-0.39, 0.29) is 5.69 Å². The predicted octanol–water partition coefficient (Wildman–Crippen LogP) is -0.432. The van der Waals surface area contributed by atoms with Gasteiger partial charge in [-0.25, -0.2) is 15.0 Å². The third-order valence-corrected chi connectivity index (χ3v) is 1.95. The smallest absolute Gasteiger partial charge is 0.343 e. The molecule has 0 aliphatic rings. The number of nitrogens with two attached hydrogens (primary N) is 1. The number of aromatic nitrogens is 2. The summed E-state index contributed by atoms with van der Waals surface area (Å²) in [5.41, 5.74) is 0.700. The van der Waals surface area contributed by atoms with Gasteiger partial charge >= 0.3 is 17.5 Å². The molecule has 0 spiro atoms. The Balaban J connectivity index is 2.54. The van der Waals surface area contributed by atoms with Crippen LogP contribution in [0.1, 0.15) is 10.7 Å². The molecule has 2 aromatic rings. The molecule has 1 aromatic heterocycles. The first-order chi connectivity index (χ1) is 8.13. The van der Waals surface area contributed by atoms with Crippen LogP contribution in [-0.4, -0.2) is 15.6 Å². The van der Waals surface area contributed by atoms with Gasteiger partial charge in [0.05, 0.1) is 0 Å². The van der Waals surface area contributed by atoms with Crippen molar-refractivity contribution in [3.05, 3.63) is 46.5 Å². The lowest BCUT2D eigenvalue weighted by atomic mass is 10.3. The van der Waals surface area contributed by atoms with Crippen molar-refractivity contribution in [1.82, 2.24) is 15.1 Å². The molecule has 1 aromatic carbocycles. The Labute approximate surface area is 93.6 Å². The van der Waals surface area contributed by atoms with Gasteiger partial charge in [0.15, 0.2) is 5.82 Å². The molecule has 0 bridgehead atoms. The summed E-state index contributed by atoms with van der Waals surface area (Å²) in [6.45, 7) is 0. The molecule has 0 aliphatic carbocycles. The number of rotatable bonds is 2. The standard InChI is InChI=1S/C9H7FN4O3/c10-5-3-1-2-4-6(5)14-9(16)12-8(17-14)7(15)13-11/h1-4H,11H2,(H,13,15). The van der Waals surface area contributed by atoms with Crippen LogP contribution in [0.5, 0.6) is 0 Å². The van der Waals surface area contributed by atoms with Crippen molar-refractivity contribution in [2.75, 3.05) is 0 Å².